The molecule has 0 bridgehead atoms. The first-order valence-corrected chi connectivity index (χ1v) is 18.4. The Morgan fingerprint density at radius 3 is 0.784 bits per heavy atom. The summed E-state index contributed by atoms with van der Waals surface area (Å²) < 4.78 is -1.21. The van der Waals surface area contributed by atoms with E-state index in [2.05, 4.69) is 222 Å². The Kier molecular flexibility index (Phi) is 9.11. The highest BCUT2D eigenvalue weighted by molar-refractivity contribution is 8.02. The monoisotopic (exact) mass is 688 g/mol. The zero-order chi connectivity index (χ0) is 35.9. The van der Waals surface area contributed by atoms with E-state index in [-0.39, 0.29) is 0 Å². The van der Waals surface area contributed by atoms with E-state index in [1.807, 2.05) is 11.8 Å². The Labute approximate surface area is 309 Å². The van der Waals surface area contributed by atoms with Crippen LogP contribution in [-0.4, -0.2) is 56.4 Å². The molecule has 0 unspecified atom stereocenters. The molecular formula is C46H48N4S. The molecule has 6 aromatic carbocycles. The van der Waals surface area contributed by atoms with Gasteiger partial charge in [0.2, 0.25) is 0 Å². The van der Waals surface area contributed by atoms with Crippen LogP contribution in [0.15, 0.2) is 146 Å². The van der Waals surface area contributed by atoms with Crippen LogP contribution in [-0.2, 0) is 9.49 Å². The number of nitrogens with zero attached hydrogens (tertiary/aromatic N) is 4. The molecule has 258 valence electrons. The molecule has 0 radical (unpaired) electrons. The van der Waals surface area contributed by atoms with E-state index in [9.17, 15) is 0 Å². The Hall–Kier alpha value is -5.13. The molecule has 0 N–H and O–H groups in total. The van der Waals surface area contributed by atoms with Crippen LogP contribution in [0.2, 0.25) is 0 Å². The van der Waals surface area contributed by atoms with Crippen molar-refractivity contribution in [2.24, 2.45) is 0 Å². The Morgan fingerprint density at radius 2 is 0.549 bits per heavy atom. The molecule has 6 aromatic rings. The van der Waals surface area contributed by atoms with E-state index < -0.39 is 9.49 Å². The van der Waals surface area contributed by atoms with Crippen LogP contribution in [0.5, 0.6) is 0 Å². The number of hydrogen-bond donors (Lipinski definition) is 0. The van der Waals surface area contributed by atoms with Gasteiger partial charge in [0.1, 0.15) is 0 Å². The van der Waals surface area contributed by atoms with Crippen LogP contribution in [0.1, 0.15) is 33.4 Å². The second kappa shape index (κ2) is 13.5. The lowest BCUT2D eigenvalue weighted by molar-refractivity contribution is 0.845. The van der Waals surface area contributed by atoms with Crippen molar-refractivity contribution in [3.8, 4) is 11.1 Å². The number of rotatable bonds is 8. The van der Waals surface area contributed by atoms with Gasteiger partial charge in [0, 0.05) is 79.1 Å². The highest BCUT2D eigenvalue weighted by atomic mass is 32.2. The summed E-state index contributed by atoms with van der Waals surface area (Å²) in [5.74, 6) is 0. The zero-order valence-electron chi connectivity index (χ0n) is 31.1. The van der Waals surface area contributed by atoms with Crippen molar-refractivity contribution >= 4 is 34.5 Å². The van der Waals surface area contributed by atoms with E-state index in [0.29, 0.717) is 0 Å². The zero-order valence-corrected chi connectivity index (χ0v) is 31.9. The minimum Gasteiger partial charge on any atom is -0.378 e. The molecule has 1 heterocycles. The Morgan fingerprint density at radius 1 is 0.314 bits per heavy atom. The molecule has 0 fully saturated rings. The fourth-order valence-electron chi connectivity index (χ4n) is 7.56. The number of thioether (sulfide) groups is 1. The molecule has 0 atom stereocenters. The van der Waals surface area contributed by atoms with Crippen LogP contribution >= 0.6 is 11.8 Å². The predicted molar refractivity (Wildman–Crippen MR) is 222 cm³/mol. The summed E-state index contributed by atoms with van der Waals surface area (Å²) in [6.07, 6.45) is 0. The lowest BCUT2D eigenvalue weighted by atomic mass is 9.77. The van der Waals surface area contributed by atoms with Gasteiger partial charge >= 0.3 is 0 Å². The van der Waals surface area contributed by atoms with E-state index in [1.54, 1.807) is 0 Å². The highest BCUT2D eigenvalue weighted by Crippen LogP contribution is 2.65. The molecular weight excluding hydrogens is 641 g/mol. The quantitative estimate of drug-likeness (QED) is 0.157. The molecule has 1 aliphatic rings. The maximum Gasteiger partial charge on any atom is 0.0928 e. The van der Waals surface area contributed by atoms with Crippen molar-refractivity contribution in [1.82, 2.24) is 0 Å². The molecule has 51 heavy (non-hydrogen) atoms. The molecule has 0 spiro atoms. The van der Waals surface area contributed by atoms with Gasteiger partial charge in [0.05, 0.1) is 9.49 Å². The molecule has 0 aromatic heterocycles. The number of benzene rings is 6. The number of fused-ring (bicyclic) bond motifs is 3. The third-order valence-electron chi connectivity index (χ3n) is 10.4. The van der Waals surface area contributed by atoms with Crippen LogP contribution in [0.3, 0.4) is 0 Å². The summed E-state index contributed by atoms with van der Waals surface area (Å²) in [5, 5.41) is 0. The summed E-state index contributed by atoms with van der Waals surface area (Å²) in [6.45, 7) is 0. The molecule has 5 heteroatoms. The summed E-state index contributed by atoms with van der Waals surface area (Å²) in [4.78, 5) is 8.70. The first-order chi connectivity index (χ1) is 24.6. The van der Waals surface area contributed by atoms with E-state index >= 15 is 0 Å². The van der Waals surface area contributed by atoms with Crippen molar-refractivity contribution in [3.05, 3.63) is 179 Å². The molecule has 7 rings (SSSR count). The lowest BCUT2D eigenvalue weighted by Gasteiger charge is -2.44. The van der Waals surface area contributed by atoms with Gasteiger partial charge in [0.25, 0.3) is 0 Å². The third-order valence-corrected chi connectivity index (χ3v) is 12.4. The molecule has 0 amide bonds. The second-order valence-corrected chi connectivity index (χ2v) is 15.7. The molecule has 0 aliphatic carbocycles. The minimum atomic E-state index is -0.605. The summed E-state index contributed by atoms with van der Waals surface area (Å²) in [7, 11) is 16.9. The third kappa shape index (κ3) is 5.84. The summed E-state index contributed by atoms with van der Waals surface area (Å²) in [5.41, 5.74) is 14.8. The highest BCUT2D eigenvalue weighted by Gasteiger charge is 2.52. The van der Waals surface area contributed by atoms with Gasteiger partial charge in [-0.05, 0) is 93.0 Å². The smallest absolute Gasteiger partial charge is 0.0928 e. The fourth-order valence-corrected chi connectivity index (χ4v) is 9.61. The van der Waals surface area contributed by atoms with Crippen LogP contribution in [0, 0.1) is 0 Å². The summed E-state index contributed by atoms with van der Waals surface area (Å²) in [6, 6.07) is 55.2. The largest absolute Gasteiger partial charge is 0.378 e. The van der Waals surface area contributed by atoms with Crippen molar-refractivity contribution < 1.29 is 0 Å². The Balaban J connectivity index is 1.65. The minimum absolute atomic E-state index is 0.605. The first kappa shape index (κ1) is 34.3. The van der Waals surface area contributed by atoms with Crippen molar-refractivity contribution in [1.29, 1.82) is 0 Å². The van der Waals surface area contributed by atoms with Gasteiger partial charge < -0.3 is 19.6 Å². The van der Waals surface area contributed by atoms with E-state index in [1.165, 1.54) is 67.3 Å². The van der Waals surface area contributed by atoms with Crippen LogP contribution in [0.25, 0.3) is 11.1 Å². The molecule has 0 saturated heterocycles. The summed E-state index contributed by atoms with van der Waals surface area (Å²) >= 11 is 2.05. The van der Waals surface area contributed by atoms with Gasteiger partial charge in [-0.25, -0.2) is 0 Å². The van der Waals surface area contributed by atoms with Gasteiger partial charge in [0.15, 0.2) is 0 Å². The average molecular weight is 689 g/mol. The first-order valence-electron chi connectivity index (χ1n) is 17.6. The van der Waals surface area contributed by atoms with Gasteiger partial charge in [-0.3, -0.25) is 0 Å². The average Bonchev–Trinajstić information content (AvgIpc) is 3.27. The fraction of sp³-hybridized carbons (Fsp3) is 0.217. The number of hydrogen-bond acceptors (Lipinski definition) is 5. The van der Waals surface area contributed by atoms with Crippen molar-refractivity contribution in [2.75, 3.05) is 76.0 Å². The van der Waals surface area contributed by atoms with Crippen LogP contribution in [0.4, 0.5) is 22.7 Å². The standard InChI is InChI=1S/C46H48N4S/c1-47(2)37-25-17-33(18-26-37)45(34-19-27-38(28-20-34)48(3)4)43-15-11-9-13-41(43)42-14-10-12-16-44(42)46(51-45,35-21-29-39(30-22-35)49(5)6)36-23-31-40(32-24-36)50(7)8/h9-32H,1-8H3. The van der Waals surface area contributed by atoms with Gasteiger partial charge in [-0.15, -0.1) is 11.8 Å². The molecule has 1 aliphatic heterocycles. The van der Waals surface area contributed by atoms with Crippen molar-refractivity contribution in [2.45, 2.75) is 9.49 Å². The lowest BCUT2D eigenvalue weighted by Crippen LogP contribution is -2.35. The van der Waals surface area contributed by atoms with Crippen LogP contribution < -0.4 is 19.6 Å². The van der Waals surface area contributed by atoms with Crippen molar-refractivity contribution in [3.63, 3.8) is 0 Å². The maximum atomic E-state index is 2.36. The van der Waals surface area contributed by atoms with Gasteiger partial charge in [-0.2, -0.15) is 0 Å². The topological polar surface area (TPSA) is 13.0 Å². The molecule has 0 saturated carbocycles. The SMILES string of the molecule is CN(C)c1ccc(C2(c3ccc(N(C)C)cc3)SC(c3ccc(N(C)C)cc3)(c3ccc(N(C)C)cc3)c3ccccc3-c3ccccc32)cc1. The second-order valence-electron chi connectivity index (χ2n) is 14.3. The predicted octanol–water partition coefficient (Wildman–Crippen LogP) is 9.95. The van der Waals surface area contributed by atoms with Gasteiger partial charge in [-0.1, -0.05) is 97.1 Å². The van der Waals surface area contributed by atoms with E-state index in [4.69, 9.17) is 0 Å². The number of anilines is 4. The Bertz CT molecular complexity index is 1860. The molecule has 4 nitrogen and oxygen atoms in total. The maximum absolute atomic E-state index is 2.36. The normalized spacial score (nSPS) is 14.1. The van der Waals surface area contributed by atoms with E-state index in [0.717, 1.165) is 0 Å².